The molecule has 0 aliphatic carbocycles. The molecule has 0 fully saturated rings. The largest absolute Gasteiger partial charge is 0.275 e. The minimum Gasteiger partial charge on any atom is -0.275 e. The first-order valence-electron chi connectivity index (χ1n) is 6.01. The number of pyridine rings is 1. The van der Waals surface area contributed by atoms with Gasteiger partial charge >= 0.3 is 0 Å². The van der Waals surface area contributed by atoms with Gasteiger partial charge in [-0.1, -0.05) is 18.2 Å². The molecule has 0 saturated heterocycles. The van der Waals surface area contributed by atoms with Crippen LogP contribution < -0.4 is 0 Å². The molecule has 2 aromatic rings. The van der Waals surface area contributed by atoms with Crippen LogP contribution in [0.15, 0.2) is 46.5 Å². The van der Waals surface area contributed by atoms with Crippen LogP contribution in [0.2, 0.25) is 0 Å². The minimum atomic E-state index is -2.61. The third-order valence-electron chi connectivity index (χ3n) is 3.42. The number of aromatic nitrogens is 1. The van der Waals surface area contributed by atoms with E-state index in [0.29, 0.717) is 5.03 Å². The van der Waals surface area contributed by atoms with Crippen molar-refractivity contribution >= 4 is 9.93 Å². The summed E-state index contributed by atoms with van der Waals surface area (Å²) in [5, 5.41) is 0.682. The first kappa shape index (κ1) is 13.0. The van der Waals surface area contributed by atoms with Crippen molar-refractivity contribution < 1.29 is 4.21 Å². The number of hydrogen-bond donors (Lipinski definition) is 1. The molecule has 0 radical (unpaired) electrons. The summed E-state index contributed by atoms with van der Waals surface area (Å²) in [5.41, 5.74) is 3.37. The van der Waals surface area contributed by atoms with Crippen LogP contribution in [0.3, 0.4) is 0 Å². The normalized spacial score (nSPS) is 12.4. The van der Waals surface area contributed by atoms with Gasteiger partial charge in [0.15, 0.2) is 0 Å². The molecule has 18 heavy (non-hydrogen) atoms. The molecule has 3 heteroatoms. The average molecular weight is 261 g/mol. The smallest absolute Gasteiger partial charge is 0.107 e. The molecule has 96 valence electrons. The highest BCUT2D eigenvalue weighted by atomic mass is 32.2. The maximum absolute atomic E-state index is 13.1. The molecule has 0 saturated carbocycles. The molecule has 1 heterocycles. The number of rotatable bonds is 2. The molecule has 1 aromatic carbocycles. The average Bonchev–Trinajstić information content (AvgIpc) is 2.35. The van der Waals surface area contributed by atoms with E-state index in [1.54, 1.807) is 6.20 Å². The molecule has 0 spiro atoms. The lowest BCUT2D eigenvalue weighted by Crippen LogP contribution is -2.16. The highest BCUT2D eigenvalue weighted by molar-refractivity contribution is 8.02. The maximum Gasteiger partial charge on any atom is 0.107 e. The Bertz CT molecular complexity index is 620. The van der Waals surface area contributed by atoms with Crippen molar-refractivity contribution in [2.24, 2.45) is 0 Å². The summed E-state index contributed by atoms with van der Waals surface area (Å²) in [6.45, 7) is 6.11. The van der Waals surface area contributed by atoms with Gasteiger partial charge in [-0.25, -0.2) is 4.98 Å². The summed E-state index contributed by atoms with van der Waals surface area (Å²) in [6.07, 6.45) is 3.51. The highest BCUT2D eigenvalue weighted by Crippen LogP contribution is 2.31. The summed E-state index contributed by atoms with van der Waals surface area (Å²) < 4.78 is 13.1. The van der Waals surface area contributed by atoms with Crippen LogP contribution in [-0.4, -0.2) is 15.4 Å². The number of thiol groups is 1. The van der Waals surface area contributed by atoms with Gasteiger partial charge in [0.1, 0.15) is 5.03 Å². The van der Waals surface area contributed by atoms with Crippen molar-refractivity contribution in [1.29, 1.82) is 0 Å². The van der Waals surface area contributed by atoms with Gasteiger partial charge in [0.25, 0.3) is 0 Å². The number of aryl methyl sites for hydroxylation is 2. The lowest BCUT2D eigenvalue weighted by molar-refractivity contribution is 0.669. The number of hydrogen-bond acceptors (Lipinski definition) is 2. The van der Waals surface area contributed by atoms with Crippen molar-refractivity contribution in [3.8, 4) is 0 Å². The molecule has 2 rings (SSSR count). The van der Waals surface area contributed by atoms with Crippen molar-refractivity contribution in [3.05, 3.63) is 53.2 Å². The Labute approximate surface area is 110 Å². The van der Waals surface area contributed by atoms with Gasteiger partial charge in [0.05, 0.1) is 0 Å². The monoisotopic (exact) mass is 261 g/mol. The molecular weight excluding hydrogens is 242 g/mol. The summed E-state index contributed by atoms with van der Waals surface area (Å²) in [4.78, 5) is 5.24. The van der Waals surface area contributed by atoms with E-state index < -0.39 is 9.93 Å². The fraction of sp³-hybridized carbons (Fsp3) is 0.267. The van der Waals surface area contributed by atoms with Crippen LogP contribution in [0, 0.1) is 20.8 Å². The van der Waals surface area contributed by atoms with Crippen molar-refractivity contribution in [2.45, 2.75) is 30.7 Å². The molecule has 0 aliphatic rings. The third-order valence-corrected chi connectivity index (χ3v) is 6.10. The van der Waals surface area contributed by atoms with E-state index in [9.17, 15) is 4.21 Å². The number of benzene rings is 1. The number of nitrogens with zero attached hydrogens (tertiary/aromatic N) is 1. The highest BCUT2D eigenvalue weighted by Gasteiger charge is 2.21. The van der Waals surface area contributed by atoms with E-state index >= 15 is 0 Å². The van der Waals surface area contributed by atoms with Gasteiger partial charge in [0, 0.05) is 11.1 Å². The fourth-order valence-corrected chi connectivity index (χ4v) is 4.76. The standard InChI is InChI=1S/C15H19NOS/c1-11-8-9-12(2)15(13(11)3)18(4,17)14-7-5-6-10-16-14/h5-10,18H,1-4H3. The maximum atomic E-state index is 13.1. The van der Waals surface area contributed by atoms with E-state index in [1.807, 2.05) is 44.4 Å². The molecule has 0 N–H and O–H groups in total. The van der Waals surface area contributed by atoms with Gasteiger partial charge in [-0.15, -0.1) is 0 Å². The Morgan fingerprint density at radius 3 is 2.28 bits per heavy atom. The van der Waals surface area contributed by atoms with Crippen molar-refractivity contribution in [2.75, 3.05) is 6.26 Å². The Hall–Kier alpha value is -1.48. The SMILES string of the molecule is Cc1ccc(C)c([SH](C)(=O)c2ccccn2)c1C. The zero-order valence-electron chi connectivity index (χ0n) is 11.3. The second-order valence-electron chi connectivity index (χ2n) is 4.79. The zero-order chi connectivity index (χ0) is 13.3. The second-order valence-corrected chi connectivity index (χ2v) is 7.54. The zero-order valence-corrected chi connectivity index (χ0v) is 12.2. The lowest BCUT2D eigenvalue weighted by Gasteiger charge is -2.23. The minimum absolute atomic E-state index is 0.682. The van der Waals surface area contributed by atoms with E-state index in [2.05, 4.69) is 18.0 Å². The van der Waals surface area contributed by atoms with Crippen LogP contribution in [0.4, 0.5) is 0 Å². The van der Waals surface area contributed by atoms with Gasteiger partial charge in [0.2, 0.25) is 0 Å². The molecular formula is C15H19NOS. The van der Waals surface area contributed by atoms with Crippen LogP contribution >= 0.6 is 0 Å². The van der Waals surface area contributed by atoms with Gasteiger partial charge in [-0.2, -0.15) is 0 Å². The quantitative estimate of drug-likeness (QED) is 0.842. The molecule has 0 unspecified atom stereocenters. The second kappa shape index (κ2) is 4.65. The predicted molar refractivity (Wildman–Crippen MR) is 76.9 cm³/mol. The Balaban J connectivity index is 2.69. The Kier molecular flexibility index (Phi) is 3.35. The Morgan fingerprint density at radius 1 is 1.00 bits per heavy atom. The van der Waals surface area contributed by atoms with E-state index in [0.717, 1.165) is 16.0 Å². The third kappa shape index (κ3) is 2.10. The Morgan fingerprint density at radius 2 is 1.67 bits per heavy atom. The summed E-state index contributed by atoms with van der Waals surface area (Å²) in [7, 11) is -2.61. The summed E-state index contributed by atoms with van der Waals surface area (Å²) in [5.74, 6) is 0. The summed E-state index contributed by atoms with van der Waals surface area (Å²) in [6, 6.07) is 9.70. The van der Waals surface area contributed by atoms with Crippen LogP contribution in [0.1, 0.15) is 16.7 Å². The fourth-order valence-electron chi connectivity index (χ4n) is 2.31. The van der Waals surface area contributed by atoms with E-state index in [4.69, 9.17) is 0 Å². The van der Waals surface area contributed by atoms with Crippen molar-refractivity contribution in [3.63, 3.8) is 0 Å². The van der Waals surface area contributed by atoms with Gasteiger partial charge in [-0.05, 0) is 65.8 Å². The molecule has 0 atom stereocenters. The molecule has 0 bridgehead atoms. The summed E-state index contributed by atoms with van der Waals surface area (Å²) >= 11 is 0. The van der Waals surface area contributed by atoms with Crippen LogP contribution in [0.25, 0.3) is 0 Å². The van der Waals surface area contributed by atoms with E-state index in [-0.39, 0.29) is 0 Å². The van der Waals surface area contributed by atoms with Crippen LogP contribution in [0.5, 0.6) is 0 Å². The van der Waals surface area contributed by atoms with Crippen molar-refractivity contribution in [1.82, 2.24) is 4.98 Å². The molecule has 2 nitrogen and oxygen atoms in total. The van der Waals surface area contributed by atoms with Gasteiger partial charge < -0.3 is 0 Å². The molecule has 1 aromatic heterocycles. The molecule has 0 amide bonds. The van der Waals surface area contributed by atoms with Gasteiger partial charge in [-0.3, -0.25) is 4.21 Å². The topological polar surface area (TPSA) is 30.0 Å². The predicted octanol–water partition coefficient (Wildman–Crippen LogP) is 3.07. The lowest BCUT2D eigenvalue weighted by atomic mass is 10.1. The molecule has 0 aliphatic heterocycles. The first-order chi connectivity index (χ1) is 8.44. The van der Waals surface area contributed by atoms with E-state index in [1.165, 1.54) is 5.56 Å². The first-order valence-corrected chi connectivity index (χ1v) is 8.16. The van der Waals surface area contributed by atoms with Crippen LogP contribution in [-0.2, 0) is 9.93 Å².